The number of carbonyl (C=O) groups excluding carboxylic acids is 1. The highest BCUT2D eigenvalue weighted by atomic mass is 16.6. The molecule has 0 radical (unpaired) electrons. The lowest BCUT2D eigenvalue weighted by Gasteiger charge is -2.11. The molecule has 1 heterocycles. The van der Waals surface area contributed by atoms with Gasteiger partial charge in [-0.25, -0.2) is 9.79 Å². The van der Waals surface area contributed by atoms with Crippen LogP contribution in [0.25, 0.3) is 6.08 Å². The van der Waals surface area contributed by atoms with E-state index < -0.39 is 5.97 Å². The molecule has 0 saturated heterocycles. The van der Waals surface area contributed by atoms with Crippen molar-refractivity contribution in [2.75, 3.05) is 19.0 Å². The number of aryl methyl sites for hydroxylation is 1. The van der Waals surface area contributed by atoms with Gasteiger partial charge in [-0.05, 0) is 42.8 Å². The molecule has 2 aromatic carbocycles. The standard InChI is InChI=1S/C19H18N2O2/c1-13-5-4-6-15(11-13)18-20-17(19(22)23-18)12-14-7-9-16(10-8-14)21(2)3/h4-12H,1-3H3/b17-12-. The summed E-state index contributed by atoms with van der Waals surface area (Å²) >= 11 is 0. The first-order valence-electron chi connectivity index (χ1n) is 7.40. The molecular weight excluding hydrogens is 288 g/mol. The fraction of sp³-hybridized carbons (Fsp3) is 0.158. The van der Waals surface area contributed by atoms with Gasteiger partial charge in [0, 0.05) is 25.3 Å². The molecule has 0 saturated carbocycles. The van der Waals surface area contributed by atoms with Crippen LogP contribution in [0, 0.1) is 6.92 Å². The predicted molar refractivity (Wildman–Crippen MR) is 92.6 cm³/mol. The summed E-state index contributed by atoms with van der Waals surface area (Å²) in [6.07, 6.45) is 1.74. The van der Waals surface area contributed by atoms with E-state index in [1.165, 1.54) is 0 Å². The summed E-state index contributed by atoms with van der Waals surface area (Å²) < 4.78 is 5.28. The average Bonchev–Trinajstić information content (AvgIpc) is 2.89. The van der Waals surface area contributed by atoms with Crippen molar-refractivity contribution in [3.8, 4) is 0 Å². The summed E-state index contributed by atoms with van der Waals surface area (Å²) in [5, 5.41) is 0. The van der Waals surface area contributed by atoms with Crippen LogP contribution in [0.4, 0.5) is 5.69 Å². The van der Waals surface area contributed by atoms with Crippen LogP contribution in [-0.2, 0) is 9.53 Å². The maximum atomic E-state index is 12.0. The first-order valence-corrected chi connectivity index (χ1v) is 7.40. The minimum Gasteiger partial charge on any atom is -0.402 e. The fourth-order valence-corrected chi connectivity index (χ4v) is 2.34. The Morgan fingerprint density at radius 2 is 1.83 bits per heavy atom. The van der Waals surface area contributed by atoms with Crippen molar-refractivity contribution in [1.82, 2.24) is 0 Å². The van der Waals surface area contributed by atoms with E-state index in [1.807, 2.05) is 74.4 Å². The van der Waals surface area contributed by atoms with Gasteiger partial charge in [0.05, 0.1) is 0 Å². The molecule has 0 aromatic heterocycles. The Balaban J connectivity index is 1.88. The highest BCUT2D eigenvalue weighted by Gasteiger charge is 2.24. The van der Waals surface area contributed by atoms with Gasteiger partial charge < -0.3 is 9.64 Å². The maximum Gasteiger partial charge on any atom is 0.363 e. The van der Waals surface area contributed by atoms with Crippen LogP contribution in [0.2, 0.25) is 0 Å². The van der Waals surface area contributed by atoms with Crippen LogP contribution in [-0.4, -0.2) is 26.0 Å². The van der Waals surface area contributed by atoms with E-state index in [-0.39, 0.29) is 0 Å². The molecule has 0 fully saturated rings. The van der Waals surface area contributed by atoms with Gasteiger partial charge in [-0.3, -0.25) is 0 Å². The first-order chi connectivity index (χ1) is 11.0. The van der Waals surface area contributed by atoms with Gasteiger partial charge in [0.2, 0.25) is 5.90 Å². The zero-order chi connectivity index (χ0) is 16.4. The Kier molecular flexibility index (Phi) is 3.98. The van der Waals surface area contributed by atoms with Crippen molar-refractivity contribution in [2.45, 2.75) is 6.92 Å². The highest BCUT2D eigenvalue weighted by molar-refractivity contribution is 6.12. The lowest BCUT2D eigenvalue weighted by Crippen LogP contribution is -2.08. The number of hydrogen-bond acceptors (Lipinski definition) is 4. The van der Waals surface area contributed by atoms with E-state index in [2.05, 4.69) is 4.99 Å². The third kappa shape index (κ3) is 3.31. The highest BCUT2D eigenvalue weighted by Crippen LogP contribution is 2.21. The second-order valence-electron chi connectivity index (χ2n) is 5.69. The van der Waals surface area contributed by atoms with Crippen molar-refractivity contribution in [2.24, 2.45) is 4.99 Å². The molecule has 0 aliphatic carbocycles. The van der Waals surface area contributed by atoms with Gasteiger partial charge in [-0.2, -0.15) is 0 Å². The van der Waals surface area contributed by atoms with Gasteiger partial charge in [0.1, 0.15) is 0 Å². The van der Waals surface area contributed by atoms with Crippen LogP contribution >= 0.6 is 0 Å². The van der Waals surface area contributed by atoms with E-state index in [9.17, 15) is 4.79 Å². The topological polar surface area (TPSA) is 41.9 Å². The lowest BCUT2D eigenvalue weighted by atomic mass is 10.1. The van der Waals surface area contributed by atoms with Crippen LogP contribution in [0.5, 0.6) is 0 Å². The van der Waals surface area contributed by atoms with Crippen LogP contribution in [0.15, 0.2) is 59.2 Å². The zero-order valence-corrected chi connectivity index (χ0v) is 13.4. The molecule has 0 unspecified atom stereocenters. The summed E-state index contributed by atoms with van der Waals surface area (Å²) in [5.41, 5.74) is 4.24. The van der Waals surface area contributed by atoms with Crippen LogP contribution < -0.4 is 4.90 Å². The molecule has 23 heavy (non-hydrogen) atoms. The predicted octanol–water partition coefficient (Wildman–Crippen LogP) is 3.41. The van der Waals surface area contributed by atoms with Crippen molar-refractivity contribution < 1.29 is 9.53 Å². The normalized spacial score (nSPS) is 15.5. The number of rotatable bonds is 3. The van der Waals surface area contributed by atoms with Gasteiger partial charge in [-0.15, -0.1) is 0 Å². The molecule has 4 nitrogen and oxygen atoms in total. The zero-order valence-electron chi connectivity index (χ0n) is 13.4. The quantitative estimate of drug-likeness (QED) is 0.644. The number of anilines is 1. The Bertz CT molecular complexity index is 802. The molecule has 1 aliphatic rings. The van der Waals surface area contributed by atoms with E-state index in [1.54, 1.807) is 6.08 Å². The largest absolute Gasteiger partial charge is 0.402 e. The third-order valence-electron chi connectivity index (χ3n) is 3.60. The Morgan fingerprint density at radius 3 is 2.48 bits per heavy atom. The molecule has 0 spiro atoms. The molecule has 0 N–H and O–H groups in total. The number of aliphatic imine (C=N–C) groups is 1. The Hall–Kier alpha value is -2.88. The molecular formula is C19H18N2O2. The monoisotopic (exact) mass is 306 g/mol. The average molecular weight is 306 g/mol. The Morgan fingerprint density at radius 1 is 1.09 bits per heavy atom. The molecule has 1 aliphatic heterocycles. The van der Waals surface area contributed by atoms with Crippen LogP contribution in [0.1, 0.15) is 16.7 Å². The number of carbonyl (C=O) groups is 1. The summed E-state index contributed by atoms with van der Waals surface area (Å²) in [6.45, 7) is 1.99. The maximum absolute atomic E-state index is 12.0. The van der Waals surface area contributed by atoms with Crippen molar-refractivity contribution >= 4 is 23.6 Å². The van der Waals surface area contributed by atoms with Crippen molar-refractivity contribution in [3.63, 3.8) is 0 Å². The number of ether oxygens (including phenoxy) is 1. The summed E-state index contributed by atoms with van der Waals surface area (Å²) in [5.74, 6) is -0.0620. The summed E-state index contributed by atoms with van der Waals surface area (Å²) in [6, 6.07) is 15.6. The summed E-state index contributed by atoms with van der Waals surface area (Å²) in [7, 11) is 3.97. The number of hydrogen-bond donors (Lipinski definition) is 0. The molecule has 3 rings (SSSR count). The molecule has 0 atom stereocenters. The van der Waals surface area contributed by atoms with Gasteiger partial charge in [0.25, 0.3) is 0 Å². The first kappa shape index (κ1) is 15.0. The van der Waals surface area contributed by atoms with Gasteiger partial charge >= 0.3 is 5.97 Å². The van der Waals surface area contributed by atoms with E-state index in [0.717, 1.165) is 22.4 Å². The number of nitrogens with zero attached hydrogens (tertiary/aromatic N) is 2. The van der Waals surface area contributed by atoms with Crippen LogP contribution in [0.3, 0.4) is 0 Å². The SMILES string of the molecule is Cc1cccc(C2=N/C(=C\c3ccc(N(C)C)cc3)C(=O)O2)c1. The fourth-order valence-electron chi connectivity index (χ4n) is 2.34. The number of esters is 1. The summed E-state index contributed by atoms with van der Waals surface area (Å²) in [4.78, 5) is 18.4. The third-order valence-corrected chi connectivity index (χ3v) is 3.60. The molecule has 0 bridgehead atoms. The molecule has 116 valence electrons. The minimum absolute atomic E-state index is 0.319. The second kappa shape index (κ2) is 6.08. The van der Waals surface area contributed by atoms with E-state index in [4.69, 9.17) is 4.74 Å². The number of benzene rings is 2. The van der Waals surface area contributed by atoms with Crippen molar-refractivity contribution in [3.05, 3.63) is 70.9 Å². The smallest absolute Gasteiger partial charge is 0.363 e. The molecule has 2 aromatic rings. The van der Waals surface area contributed by atoms with Crippen molar-refractivity contribution in [1.29, 1.82) is 0 Å². The molecule has 4 heteroatoms. The second-order valence-corrected chi connectivity index (χ2v) is 5.69. The minimum atomic E-state index is -0.418. The lowest BCUT2D eigenvalue weighted by molar-refractivity contribution is -0.129. The molecule has 0 amide bonds. The van der Waals surface area contributed by atoms with E-state index >= 15 is 0 Å². The van der Waals surface area contributed by atoms with Gasteiger partial charge in [-0.1, -0.05) is 29.8 Å². The Labute approximate surface area is 135 Å². The van der Waals surface area contributed by atoms with Gasteiger partial charge in [0.15, 0.2) is 5.70 Å². The van der Waals surface area contributed by atoms with E-state index in [0.29, 0.717) is 11.6 Å². The number of cyclic esters (lactones) is 1.